The molecule has 0 atom stereocenters. The highest BCUT2D eigenvalue weighted by Crippen LogP contribution is 2.21. The summed E-state index contributed by atoms with van der Waals surface area (Å²) in [6.07, 6.45) is 1.56. The van der Waals surface area contributed by atoms with Crippen molar-refractivity contribution in [3.8, 4) is 11.8 Å². The third kappa shape index (κ3) is 4.20. The van der Waals surface area contributed by atoms with Crippen molar-refractivity contribution in [3.05, 3.63) is 57.7 Å². The summed E-state index contributed by atoms with van der Waals surface area (Å²) in [7, 11) is 0. The number of amides is 1. The van der Waals surface area contributed by atoms with Gasteiger partial charge in [-0.15, -0.1) is 0 Å². The number of nitrogens with one attached hydrogen (secondary N) is 1. The fourth-order valence-corrected chi connectivity index (χ4v) is 2.08. The lowest BCUT2D eigenvalue weighted by molar-refractivity contribution is 0.102. The van der Waals surface area contributed by atoms with Gasteiger partial charge in [0.05, 0.1) is 17.1 Å². The van der Waals surface area contributed by atoms with Crippen LogP contribution in [0.15, 0.2) is 36.5 Å². The third-order valence-electron chi connectivity index (χ3n) is 2.51. The molecule has 0 fully saturated rings. The number of benzene rings is 1. The van der Waals surface area contributed by atoms with Crippen molar-refractivity contribution < 1.29 is 4.79 Å². The van der Waals surface area contributed by atoms with Crippen molar-refractivity contribution in [2.45, 2.75) is 0 Å². The van der Waals surface area contributed by atoms with E-state index in [4.69, 9.17) is 28.9 Å². The van der Waals surface area contributed by atoms with Gasteiger partial charge < -0.3 is 11.1 Å². The fraction of sp³-hybridized carbons (Fsp3) is 0.0667. The first-order valence-electron chi connectivity index (χ1n) is 6.01. The van der Waals surface area contributed by atoms with Gasteiger partial charge in [-0.1, -0.05) is 35.0 Å². The molecular weight excluding hydrogens is 309 g/mol. The molecular formula is C15H11Cl2N3O. The Morgan fingerprint density at radius 2 is 2.10 bits per heavy atom. The van der Waals surface area contributed by atoms with E-state index in [0.717, 1.165) is 0 Å². The van der Waals surface area contributed by atoms with E-state index in [0.29, 0.717) is 22.0 Å². The molecule has 0 saturated heterocycles. The Bertz CT molecular complexity index is 735. The summed E-state index contributed by atoms with van der Waals surface area (Å²) in [4.78, 5) is 16.2. The van der Waals surface area contributed by atoms with Gasteiger partial charge in [-0.05, 0) is 30.3 Å². The van der Waals surface area contributed by atoms with Crippen molar-refractivity contribution in [2.75, 3.05) is 11.9 Å². The Kier molecular flexibility index (Phi) is 5.18. The minimum atomic E-state index is -0.367. The largest absolute Gasteiger partial charge is 0.320 e. The molecule has 2 aromatic rings. The van der Waals surface area contributed by atoms with Crippen molar-refractivity contribution in [1.82, 2.24) is 4.98 Å². The van der Waals surface area contributed by atoms with Crippen molar-refractivity contribution in [2.24, 2.45) is 5.73 Å². The highest BCUT2D eigenvalue weighted by molar-refractivity contribution is 6.37. The summed E-state index contributed by atoms with van der Waals surface area (Å²) in [6, 6.07) is 8.05. The highest BCUT2D eigenvalue weighted by atomic mass is 35.5. The minimum Gasteiger partial charge on any atom is -0.320 e. The van der Waals surface area contributed by atoms with Crippen LogP contribution in [-0.2, 0) is 0 Å². The van der Waals surface area contributed by atoms with Crippen LogP contribution in [-0.4, -0.2) is 17.4 Å². The molecule has 6 heteroatoms. The predicted molar refractivity (Wildman–Crippen MR) is 84.6 cm³/mol. The van der Waals surface area contributed by atoms with E-state index in [-0.39, 0.29) is 17.5 Å². The van der Waals surface area contributed by atoms with Crippen LogP contribution in [0.2, 0.25) is 10.0 Å². The van der Waals surface area contributed by atoms with Crippen LogP contribution in [0.25, 0.3) is 0 Å². The summed E-state index contributed by atoms with van der Waals surface area (Å²) in [6.45, 7) is 0.268. The number of halogens is 2. The SMILES string of the molecule is NCC#Cc1ccnc(NC(=O)c2ccc(Cl)cc2Cl)c1. The second-order valence-electron chi connectivity index (χ2n) is 4.01. The normalized spacial score (nSPS) is 9.67. The molecule has 0 saturated carbocycles. The zero-order chi connectivity index (χ0) is 15.2. The van der Waals surface area contributed by atoms with Gasteiger partial charge in [0.2, 0.25) is 0 Å². The fourth-order valence-electron chi connectivity index (χ4n) is 1.59. The molecule has 1 aromatic heterocycles. The minimum absolute atomic E-state index is 0.268. The summed E-state index contributed by atoms with van der Waals surface area (Å²) >= 11 is 11.8. The lowest BCUT2D eigenvalue weighted by Crippen LogP contribution is -2.13. The number of carbonyl (C=O) groups excluding carboxylic acids is 1. The van der Waals surface area contributed by atoms with E-state index in [1.165, 1.54) is 6.07 Å². The molecule has 1 aromatic carbocycles. The van der Waals surface area contributed by atoms with Gasteiger partial charge in [-0.2, -0.15) is 0 Å². The van der Waals surface area contributed by atoms with Crippen LogP contribution in [0.3, 0.4) is 0 Å². The Hall–Kier alpha value is -2.06. The second-order valence-corrected chi connectivity index (χ2v) is 4.86. The van der Waals surface area contributed by atoms with Gasteiger partial charge in [0.1, 0.15) is 5.82 Å². The number of anilines is 1. The number of aromatic nitrogens is 1. The standard InChI is InChI=1S/C15H11Cl2N3O/c16-11-3-4-12(13(17)9-11)15(21)20-14-8-10(2-1-6-18)5-7-19-14/h3-5,7-9H,6,18H2,(H,19,20,21). The smallest absolute Gasteiger partial charge is 0.258 e. The molecule has 0 aliphatic rings. The molecule has 21 heavy (non-hydrogen) atoms. The van der Waals surface area contributed by atoms with Crippen molar-refractivity contribution in [3.63, 3.8) is 0 Å². The van der Waals surface area contributed by atoms with Crippen LogP contribution in [0.1, 0.15) is 15.9 Å². The Balaban J connectivity index is 2.19. The molecule has 1 heterocycles. The Labute approximate surface area is 132 Å². The number of nitrogens with zero attached hydrogens (tertiary/aromatic N) is 1. The van der Waals surface area contributed by atoms with Gasteiger partial charge >= 0.3 is 0 Å². The van der Waals surface area contributed by atoms with Gasteiger partial charge in [0.15, 0.2) is 0 Å². The van der Waals surface area contributed by atoms with Gasteiger partial charge in [0.25, 0.3) is 5.91 Å². The quantitative estimate of drug-likeness (QED) is 0.836. The summed E-state index contributed by atoms with van der Waals surface area (Å²) in [5.41, 5.74) is 6.35. The lowest BCUT2D eigenvalue weighted by Gasteiger charge is -2.06. The average molecular weight is 320 g/mol. The summed E-state index contributed by atoms with van der Waals surface area (Å²) in [5.74, 6) is 5.62. The zero-order valence-corrected chi connectivity index (χ0v) is 12.4. The molecule has 106 valence electrons. The maximum absolute atomic E-state index is 12.1. The second kappa shape index (κ2) is 7.09. The maximum atomic E-state index is 12.1. The van der Waals surface area contributed by atoms with Crippen LogP contribution < -0.4 is 11.1 Å². The first-order chi connectivity index (χ1) is 10.1. The van der Waals surface area contributed by atoms with Gasteiger partial charge in [-0.25, -0.2) is 4.98 Å². The number of hydrogen-bond donors (Lipinski definition) is 2. The zero-order valence-electron chi connectivity index (χ0n) is 10.9. The molecule has 1 amide bonds. The highest BCUT2D eigenvalue weighted by Gasteiger charge is 2.11. The number of pyridine rings is 1. The maximum Gasteiger partial charge on any atom is 0.258 e. The van der Waals surface area contributed by atoms with Crippen LogP contribution in [0.4, 0.5) is 5.82 Å². The van der Waals surface area contributed by atoms with Crippen LogP contribution >= 0.6 is 23.2 Å². The molecule has 0 aliphatic heterocycles. The molecule has 0 bridgehead atoms. The molecule has 2 rings (SSSR count). The summed E-state index contributed by atoms with van der Waals surface area (Å²) in [5, 5.41) is 3.40. The van der Waals surface area contributed by atoms with E-state index in [1.807, 2.05) is 0 Å². The number of rotatable bonds is 2. The molecule has 0 aliphatic carbocycles. The Morgan fingerprint density at radius 3 is 2.81 bits per heavy atom. The molecule has 0 spiro atoms. The van der Waals surface area contributed by atoms with Gasteiger partial charge in [-0.3, -0.25) is 4.79 Å². The first-order valence-corrected chi connectivity index (χ1v) is 6.77. The topological polar surface area (TPSA) is 68.0 Å². The molecule has 3 N–H and O–H groups in total. The van der Waals surface area contributed by atoms with Gasteiger partial charge in [0, 0.05) is 16.8 Å². The van der Waals surface area contributed by atoms with Crippen molar-refractivity contribution >= 4 is 34.9 Å². The number of nitrogens with two attached hydrogens (primary N) is 1. The molecule has 4 nitrogen and oxygen atoms in total. The van der Waals surface area contributed by atoms with Crippen LogP contribution in [0.5, 0.6) is 0 Å². The van der Waals surface area contributed by atoms with E-state index in [2.05, 4.69) is 22.1 Å². The number of hydrogen-bond acceptors (Lipinski definition) is 3. The van der Waals surface area contributed by atoms with E-state index < -0.39 is 0 Å². The summed E-state index contributed by atoms with van der Waals surface area (Å²) < 4.78 is 0. The third-order valence-corrected chi connectivity index (χ3v) is 3.06. The van der Waals surface area contributed by atoms with Crippen molar-refractivity contribution in [1.29, 1.82) is 0 Å². The number of carbonyl (C=O) groups is 1. The van der Waals surface area contributed by atoms with E-state index in [9.17, 15) is 4.79 Å². The molecule has 0 radical (unpaired) electrons. The van der Waals surface area contributed by atoms with E-state index >= 15 is 0 Å². The molecule has 0 unspecified atom stereocenters. The monoisotopic (exact) mass is 319 g/mol. The van der Waals surface area contributed by atoms with E-state index in [1.54, 1.807) is 30.5 Å². The lowest BCUT2D eigenvalue weighted by atomic mass is 10.2. The Morgan fingerprint density at radius 1 is 1.29 bits per heavy atom. The first kappa shape index (κ1) is 15.3. The predicted octanol–water partition coefficient (Wildman–Crippen LogP) is 2.95. The average Bonchev–Trinajstić information content (AvgIpc) is 2.45. The van der Waals surface area contributed by atoms with Crippen LogP contribution in [0, 0.1) is 11.8 Å².